The van der Waals surface area contributed by atoms with E-state index < -0.39 is 0 Å². The number of rotatable bonds is 1. The lowest BCUT2D eigenvalue weighted by molar-refractivity contribution is 1.00. The molecule has 0 spiro atoms. The second-order valence-corrected chi connectivity index (χ2v) is 2.40. The van der Waals surface area contributed by atoms with Gasteiger partial charge in [-0.2, -0.15) is 0 Å². The highest BCUT2D eigenvalue weighted by Crippen LogP contribution is 2.06. The zero-order chi connectivity index (χ0) is 7.68. The van der Waals surface area contributed by atoms with E-state index in [0.29, 0.717) is 0 Å². The minimum Gasteiger partial charge on any atom is -0.335 e. The number of nitrogens with one attached hydrogen (secondary N) is 1. The second kappa shape index (κ2) is 2.28. The summed E-state index contributed by atoms with van der Waals surface area (Å²) in [5, 5.41) is 0. The van der Waals surface area contributed by atoms with Gasteiger partial charge in [-0.25, -0.2) is 4.98 Å². The number of aryl methyl sites for hydroxylation is 1. The van der Waals surface area contributed by atoms with Crippen LogP contribution >= 0.6 is 0 Å². The molecule has 0 aliphatic heterocycles. The maximum Gasteiger partial charge on any atom is 0.117 e. The second-order valence-electron chi connectivity index (χ2n) is 2.40. The molecule has 1 N–H and O–H groups in total. The smallest absolute Gasteiger partial charge is 0.117 e. The molecule has 0 fully saturated rings. The van der Waals surface area contributed by atoms with E-state index in [9.17, 15) is 0 Å². The Labute approximate surface area is 65.3 Å². The van der Waals surface area contributed by atoms with Crippen LogP contribution in [0.1, 0.15) is 12.7 Å². The molecule has 1 aromatic carbocycles. The van der Waals surface area contributed by atoms with Crippen LogP contribution in [0, 0.1) is 12.1 Å². The standard InChI is InChI=1S/C9H8N2/c1-2-9-10-7-5-3-4-6-8(7)11-9/h3,5H,2H2,1H3,(H,10,11). The van der Waals surface area contributed by atoms with Crippen molar-refractivity contribution in [2.45, 2.75) is 13.3 Å². The van der Waals surface area contributed by atoms with Crippen molar-refractivity contribution < 1.29 is 0 Å². The fourth-order valence-electron chi connectivity index (χ4n) is 1.06. The van der Waals surface area contributed by atoms with Gasteiger partial charge < -0.3 is 4.98 Å². The molecule has 0 radical (unpaired) electrons. The summed E-state index contributed by atoms with van der Waals surface area (Å²) in [6.45, 7) is 2.07. The molecular weight excluding hydrogens is 136 g/mol. The van der Waals surface area contributed by atoms with Crippen LogP contribution in [0.3, 0.4) is 0 Å². The van der Waals surface area contributed by atoms with Gasteiger partial charge in [-0.05, 0) is 18.2 Å². The minimum absolute atomic E-state index is 0.933. The first kappa shape index (κ1) is 6.23. The van der Waals surface area contributed by atoms with E-state index >= 15 is 0 Å². The highest BCUT2D eigenvalue weighted by molar-refractivity contribution is 5.72. The van der Waals surface area contributed by atoms with Gasteiger partial charge in [0.1, 0.15) is 11.3 Å². The molecule has 1 aromatic heterocycles. The molecule has 0 amide bonds. The fourth-order valence-corrected chi connectivity index (χ4v) is 1.06. The van der Waals surface area contributed by atoms with Crippen LogP contribution in [0.4, 0.5) is 0 Å². The van der Waals surface area contributed by atoms with Crippen molar-refractivity contribution in [3.8, 4) is 0 Å². The van der Waals surface area contributed by atoms with Gasteiger partial charge in [0.25, 0.3) is 0 Å². The molecule has 2 rings (SSSR count). The molecule has 11 heavy (non-hydrogen) atoms. The van der Waals surface area contributed by atoms with Gasteiger partial charge in [0.05, 0.1) is 5.52 Å². The quantitative estimate of drug-likeness (QED) is 0.648. The topological polar surface area (TPSA) is 28.7 Å². The van der Waals surface area contributed by atoms with E-state index in [1.165, 1.54) is 0 Å². The number of imidazole rings is 1. The zero-order valence-corrected chi connectivity index (χ0v) is 6.31. The number of aromatic amines is 1. The van der Waals surface area contributed by atoms with Crippen molar-refractivity contribution >= 4 is 11.0 Å². The summed E-state index contributed by atoms with van der Waals surface area (Å²) >= 11 is 0. The van der Waals surface area contributed by atoms with Crippen LogP contribution in [0.15, 0.2) is 12.1 Å². The number of aromatic nitrogens is 2. The molecule has 0 bridgehead atoms. The number of hydrogen-bond acceptors (Lipinski definition) is 1. The Morgan fingerprint density at radius 1 is 1.64 bits per heavy atom. The molecule has 2 nitrogen and oxygen atoms in total. The maximum absolute atomic E-state index is 4.32. The maximum atomic E-state index is 4.32. The molecule has 1 heterocycles. The van der Waals surface area contributed by atoms with Crippen molar-refractivity contribution in [2.75, 3.05) is 0 Å². The summed E-state index contributed by atoms with van der Waals surface area (Å²) in [5.41, 5.74) is 1.92. The Hall–Kier alpha value is -1.49. The largest absolute Gasteiger partial charge is 0.335 e. The van der Waals surface area contributed by atoms with Crippen LogP contribution in [0.2, 0.25) is 0 Å². The molecule has 0 saturated carbocycles. The van der Waals surface area contributed by atoms with Gasteiger partial charge in [-0.1, -0.05) is 13.0 Å². The van der Waals surface area contributed by atoms with Gasteiger partial charge in [0, 0.05) is 6.42 Å². The first-order valence-corrected chi connectivity index (χ1v) is 3.67. The predicted molar refractivity (Wildman–Crippen MR) is 43.1 cm³/mol. The Kier molecular flexibility index (Phi) is 1.29. The van der Waals surface area contributed by atoms with Gasteiger partial charge in [-0.15, -0.1) is 0 Å². The van der Waals surface area contributed by atoms with Crippen LogP contribution in [-0.4, -0.2) is 9.97 Å². The third-order valence-corrected chi connectivity index (χ3v) is 1.64. The number of nitrogens with zero attached hydrogens (tertiary/aromatic N) is 1. The van der Waals surface area contributed by atoms with E-state index in [0.717, 1.165) is 23.3 Å². The summed E-state index contributed by atoms with van der Waals surface area (Å²) in [7, 11) is 0. The lowest BCUT2D eigenvalue weighted by atomic mass is 10.4. The Morgan fingerprint density at radius 2 is 2.55 bits per heavy atom. The molecule has 0 aliphatic rings. The Morgan fingerprint density at radius 3 is 3.27 bits per heavy atom. The van der Waals surface area contributed by atoms with Crippen molar-refractivity contribution in [3.05, 3.63) is 30.1 Å². The van der Waals surface area contributed by atoms with E-state index in [-0.39, 0.29) is 0 Å². The van der Waals surface area contributed by atoms with Crippen LogP contribution in [-0.2, 0) is 6.42 Å². The Balaban J connectivity index is 2.69. The van der Waals surface area contributed by atoms with Crippen LogP contribution in [0.5, 0.6) is 0 Å². The van der Waals surface area contributed by atoms with Gasteiger partial charge >= 0.3 is 0 Å². The molecular formula is C9H8N2. The van der Waals surface area contributed by atoms with Gasteiger partial charge in [0.2, 0.25) is 0 Å². The predicted octanol–water partition coefficient (Wildman–Crippen LogP) is 1.73. The first-order chi connectivity index (χ1) is 5.40. The minimum atomic E-state index is 0.933. The Bertz CT molecular complexity index is 329. The summed E-state index contributed by atoms with van der Waals surface area (Å²) in [6, 6.07) is 9.59. The molecule has 0 saturated heterocycles. The number of fused-ring (bicyclic) bond motifs is 1. The fraction of sp³-hybridized carbons (Fsp3) is 0.222. The molecule has 0 unspecified atom stereocenters. The number of hydrogen-bond donors (Lipinski definition) is 1. The van der Waals surface area contributed by atoms with Crippen molar-refractivity contribution in [2.24, 2.45) is 0 Å². The van der Waals surface area contributed by atoms with Crippen molar-refractivity contribution in [1.82, 2.24) is 9.97 Å². The van der Waals surface area contributed by atoms with Crippen LogP contribution < -0.4 is 0 Å². The van der Waals surface area contributed by atoms with Crippen molar-refractivity contribution in [3.63, 3.8) is 0 Å². The summed E-state index contributed by atoms with van der Waals surface area (Å²) in [6.07, 6.45) is 0.933. The highest BCUT2D eigenvalue weighted by atomic mass is 14.9. The molecule has 0 atom stereocenters. The van der Waals surface area contributed by atoms with E-state index in [4.69, 9.17) is 0 Å². The molecule has 54 valence electrons. The normalized spacial score (nSPS) is 9.91. The summed E-state index contributed by atoms with van der Waals surface area (Å²) < 4.78 is 0. The van der Waals surface area contributed by atoms with Crippen molar-refractivity contribution in [1.29, 1.82) is 0 Å². The SMILES string of the molecule is CCc1nc2ccc#cc2[nH]1. The van der Waals surface area contributed by atoms with Gasteiger partial charge in [-0.3, -0.25) is 0 Å². The average molecular weight is 144 g/mol. The monoisotopic (exact) mass is 144 g/mol. The third-order valence-electron chi connectivity index (χ3n) is 1.64. The third kappa shape index (κ3) is 0.947. The van der Waals surface area contributed by atoms with E-state index in [1.54, 1.807) is 0 Å². The zero-order valence-electron chi connectivity index (χ0n) is 6.31. The summed E-state index contributed by atoms with van der Waals surface area (Å²) in [5.74, 6) is 1.01. The lowest BCUT2D eigenvalue weighted by Gasteiger charge is -1.80. The molecule has 0 aliphatic carbocycles. The van der Waals surface area contributed by atoms with E-state index in [1.807, 2.05) is 12.1 Å². The summed E-state index contributed by atoms with van der Waals surface area (Å²) in [4.78, 5) is 7.47. The molecule has 2 heteroatoms. The molecule has 2 aromatic rings. The van der Waals surface area contributed by atoms with E-state index in [2.05, 4.69) is 29.0 Å². The lowest BCUT2D eigenvalue weighted by Crippen LogP contribution is -1.79. The number of H-pyrrole nitrogens is 1. The van der Waals surface area contributed by atoms with Gasteiger partial charge in [0.15, 0.2) is 0 Å². The van der Waals surface area contributed by atoms with Crippen LogP contribution in [0.25, 0.3) is 11.0 Å². The first-order valence-electron chi connectivity index (χ1n) is 3.67. The highest BCUT2D eigenvalue weighted by Gasteiger charge is 1.96. The average Bonchev–Trinajstić information content (AvgIpc) is 2.46.